The Hall–Kier alpha value is -2.30. The summed E-state index contributed by atoms with van der Waals surface area (Å²) in [6, 6.07) is 8.37. The zero-order valence-electron chi connectivity index (χ0n) is 17.6. The lowest BCUT2D eigenvalue weighted by molar-refractivity contribution is -0.136. The summed E-state index contributed by atoms with van der Waals surface area (Å²) in [4.78, 5) is 28.8. The van der Waals surface area contributed by atoms with Crippen LogP contribution in [0, 0.1) is 5.92 Å². The third-order valence-electron chi connectivity index (χ3n) is 6.95. The Bertz CT molecular complexity index is 795. The van der Waals surface area contributed by atoms with E-state index >= 15 is 0 Å². The maximum atomic E-state index is 13.2. The third kappa shape index (κ3) is 4.34. The molecule has 0 bridgehead atoms. The molecular weight excluding hydrogens is 364 g/mol. The monoisotopic (exact) mass is 396 g/mol. The van der Waals surface area contributed by atoms with Crippen LogP contribution < -0.4 is 4.74 Å². The molecule has 0 saturated heterocycles. The average molecular weight is 397 g/mol. The maximum Gasteiger partial charge on any atom is 0.223 e. The lowest BCUT2D eigenvalue weighted by Gasteiger charge is -2.43. The minimum Gasteiger partial charge on any atom is -0.485 e. The minimum atomic E-state index is -0.359. The predicted octanol–water partition coefficient (Wildman–Crippen LogP) is 3.92. The Kier molecular flexibility index (Phi) is 5.66. The zero-order chi connectivity index (χ0) is 20.4. The summed E-state index contributed by atoms with van der Waals surface area (Å²) in [5, 5.41) is 0. The van der Waals surface area contributed by atoms with Gasteiger partial charge in [0.05, 0.1) is 6.54 Å². The Balaban J connectivity index is 1.53. The van der Waals surface area contributed by atoms with E-state index in [1.54, 1.807) is 6.92 Å². The van der Waals surface area contributed by atoms with Crippen molar-refractivity contribution in [2.24, 2.45) is 5.92 Å². The van der Waals surface area contributed by atoms with Crippen LogP contribution in [0.1, 0.15) is 57.4 Å². The van der Waals surface area contributed by atoms with E-state index in [0.29, 0.717) is 25.4 Å². The van der Waals surface area contributed by atoms with Crippen molar-refractivity contribution < 1.29 is 14.3 Å². The number of hydrogen-bond donors (Lipinski definition) is 0. The molecule has 2 aliphatic carbocycles. The fourth-order valence-electron chi connectivity index (χ4n) is 5.04. The first-order valence-corrected chi connectivity index (χ1v) is 10.9. The molecule has 1 atom stereocenters. The second-order valence-corrected chi connectivity index (χ2v) is 8.97. The molecule has 1 unspecified atom stereocenters. The molecule has 29 heavy (non-hydrogen) atoms. The molecule has 4 rings (SSSR count). The number of carbonyl (C=O) groups is 2. The number of nitrogens with zero attached hydrogens (tertiary/aromatic N) is 2. The van der Waals surface area contributed by atoms with Gasteiger partial charge in [0.1, 0.15) is 11.4 Å². The molecule has 156 valence electrons. The lowest BCUT2D eigenvalue weighted by atomic mass is 9.81. The number of rotatable bonds is 3. The van der Waals surface area contributed by atoms with Crippen LogP contribution in [0.4, 0.5) is 0 Å². The van der Waals surface area contributed by atoms with E-state index in [9.17, 15) is 9.59 Å². The average Bonchev–Trinajstić information content (AvgIpc) is 3.16. The first-order chi connectivity index (χ1) is 14.0. The molecule has 0 N–H and O–H groups in total. The number of para-hydroxylation sites is 1. The highest BCUT2D eigenvalue weighted by atomic mass is 16.5. The molecule has 2 amide bonds. The van der Waals surface area contributed by atoms with Crippen molar-refractivity contribution in [2.75, 3.05) is 13.6 Å². The number of amides is 2. The van der Waals surface area contributed by atoms with Gasteiger partial charge in [-0.15, -0.1) is 0 Å². The van der Waals surface area contributed by atoms with Gasteiger partial charge >= 0.3 is 0 Å². The molecule has 1 spiro atoms. The maximum absolute atomic E-state index is 13.2. The SMILES string of the molecule is CC(=O)N(C)C1CCC2(CC1)CN(C(=O)CC1C=CCC1)Cc1ccccc1O2. The molecule has 1 aliphatic heterocycles. The number of ether oxygens (including phenoxy) is 1. The van der Waals surface area contributed by atoms with Gasteiger partial charge in [-0.05, 0) is 50.5 Å². The molecular formula is C24H32N2O3. The summed E-state index contributed by atoms with van der Waals surface area (Å²) in [6.07, 6.45) is 10.7. The van der Waals surface area contributed by atoms with Crippen LogP contribution in [0.15, 0.2) is 36.4 Å². The van der Waals surface area contributed by atoms with Gasteiger partial charge in [-0.1, -0.05) is 30.4 Å². The first kappa shape index (κ1) is 20.0. The summed E-state index contributed by atoms with van der Waals surface area (Å²) >= 11 is 0. The summed E-state index contributed by atoms with van der Waals surface area (Å²) in [5.41, 5.74) is 0.727. The van der Waals surface area contributed by atoms with E-state index in [4.69, 9.17) is 4.74 Å². The van der Waals surface area contributed by atoms with Crippen molar-refractivity contribution in [3.05, 3.63) is 42.0 Å². The van der Waals surface area contributed by atoms with Gasteiger partial charge in [0.15, 0.2) is 0 Å². The van der Waals surface area contributed by atoms with Gasteiger partial charge in [0.25, 0.3) is 0 Å². The Morgan fingerprint density at radius 1 is 1.21 bits per heavy atom. The highest BCUT2D eigenvalue weighted by Gasteiger charge is 2.43. The number of hydrogen-bond acceptors (Lipinski definition) is 3. The normalized spacial score (nSPS) is 28.6. The van der Waals surface area contributed by atoms with Gasteiger partial charge in [0.2, 0.25) is 11.8 Å². The van der Waals surface area contributed by atoms with Crippen LogP contribution in [0.5, 0.6) is 5.75 Å². The summed E-state index contributed by atoms with van der Waals surface area (Å²) < 4.78 is 6.61. The number of allylic oxidation sites excluding steroid dienone is 2. The van der Waals surface area contributed by atoms with Crippen LogP contribution in [-0.4, -0.2) is 46.8 Å². The quantitative estimate of drug-likeness (QED) is 0.728. The second-order valence-electron chi connectivity index (χ2n) is 8.97. The largest absolute Gasteiger partial charge is 0.485 e. The third-order valence-corrected chi connectivity index (χ3v) is 6.95. The Labute approximate surface area is 173 Å². The van der Waals surface area contributed by atoms with Crippen molar-refractivity contribution >= 4 is 11.8 Å². The second kappa shape index (κ2) is 8.21. The predicted molar refractivity (Wildman–Crippen MR) is 112 cm³/mol. The topological polar surface area (TPSA) is 49.9 Å². The van der Waals surface area contributed by atoms with E-state index < -0.39 is 0 Å². The van der Waals surface area contributed by atoms with Gasteiger partial charge < -0.3 is 14.5 Å². The molecule has 1 fully saturated rings. The standard InChI is InChI=1S/C24H32N2O3/c1-18(27)25(2)21-11-13-24(14-12-21)17-26(23(28)15-19-7-3-4-8-19)16-20-9-5-6-10-22(20)29-24/h3,5-7,9-10,19,21H,4,8,11-17H2,1-2H3. The fourth-order valence-corrected chi connectivity index (χ4v) is 5.04. The van der Waals surface area contributed by atoms with Crippen LogP contribution >= 0.6 is 0 Å². The zero-order valence-corrected chi connectivity index (χ0v) is 17.6. The van der Waals surface area contributed by atoms with Crippen molar-refractivity contribution in [3.8, 4) is 5.75 Å². The van der Waals surface area contributed by atoms with E-state index in [1.807, 2.05) is 35.0 Å². The highest BCUT2D eigenvalue weighted by Crippen LogP contribution is 2.39. The van der Waals surface area contributed by atoms with Crippen LogP contribution in [-0.2, 0) is 16.1 Å². The molecule has 3 aliphatic rings. The Morgan fingerprint density at radius 2 is 1.97 bits per heavy atom. The van der Waals surface area contributed by atoms with Gasteiger partial charge in [-0.2, -0.15) is 0 Å². The van der Waals surface area contributed by atoms with Gasteiger partial charge in [-0.3, -0.25) is 9.59 Å². The van der Waals surface area contributed by atoms with E-state index in [0.717, 1.165) is 49.8 Å². The van der Waals surface area contributed by atoms with Crippen molar-refractivity contribution in [3.63, 3.8) is 0 Å². The molecule has 1 aromatic rings. The van der Waals surface area contributed by atoms with Crippen molar-refractivity contribution in [1.29, 1.82) is 0 Å². The summed E-state index contributed by atoms with van der Waals surface area (Å²) in [5.74, 6) is 1.61. The fraction of sp³-hybridized carbons (Fsp3) is 0.583. The smallest absolute Gasteiger partial charge is 0.223 e. The summed E-state index contributed by atoms with van der Waals surface area (Å²) in [6.45, 7) is 2.87. The molecule has 1 aromatic carbocycles. The van der Waals surface area contributed by atoms with E-state index in [1.165, 1.54) is 0 Å². The Morgan fingerprint density at radius 3 is 2.66 bits per heavy atom. The molecule has 0 radical (unpaired) electrons. The molecule has 1 saturated carbocycles. The highest BCUT2D eigenvalue weighted by molar-refractivity contribution is 5.77. The van der Waals surface area contributed by atoms with E-state index in [-0.39, 0.29) is 23.5 Å². The molecule has 5 heteroatoms. The van der Waals surface area contributed by atoms with E-state index in [2.05, 4.69) is 18.2 Å². The van der Waals surface area contributed by atoms with Gasteiger partial charge in [-0.25, -0.2) is 0 Å². The molecule has 0 aromatic heterocycles. The first-order valence-electron chi connectivity index (χ1n) is 10.9. The lowest BCUT2D eigenvalue weighted by Crippen LogP contribution is -2.52. The minimum absolute atomic E-state index is 0.111. The van der Waals surface area contributed by atoms with Crippen LogP contribution in [0.3, 0.4) is 0 Å². The van der Waals surface area contributed by atoms with Gasteiger partial charge in [0, 0.05) is 38.5 Å². The number of carbonyl (C=O) groups excluding carboxylic acids is 2. The van der Waals surface area contributed by atoms with Crippen molar-refractivity contribution in [1.82, 2.24) is 9.80 Å². The number of fused-ring (bicyclic) bond motifs is 1. The van der Waals surface area contributed by atoms with Crippen LogP contribution in [0.25, 0.3) is 0 Å². The molecule has 5 nitrogen and oxygen atoms in total. The van der Waals surface area contributed by atoms with Crippen LogP contribution in [0.2, 0.25) is 0 Å². The number of benzene rings is 1. The molecule has 1 heterocycles. The van der Waals surface area contributed by atoms with Crippen molar-refractivity contribution in [2.45, 2.75) is 70.1 Å². The summed E-state index contributed by atoms with van der Waals surface area (Å²) in [7, 11) is 1.89.